The van der Waals surface area contributed by atoms with Gasteiger partial charge < -0.3 is 14.3 Å². The summed E-state index contributed by atoms with van der Waals surface area (Å²) in [5.41, 5.74) is 1.78. The average molecular weight is 367 g/mol. The Kier molecular flexibility index (Phi) is 6.20. The molecule has 0 unspecified atom stereocenters. The first kappa shape index (κ1) is 18.6. The number of nitrogens with zero attached hydrogens (tertiary/aromatic N) is 1. The molecule has 1 fully saturated rings. The van der Waals surface area contributed by atoms with Crippen LogP contribution in [-0.4, -0.2) is 35.3 Å². The summed E-state index contributed by atoms with van der Waals surface area (Å²) in [5, 5.41) is 0. The standard InChI is InChI=1S/C21H21NO5/c23-13-19-18(11-12-20(24)26-14-16-7-3-1-4-8-16)22(19)21(25)27-15-17-9-5-2-6-10-17/h1-10,13,18-19H,11-12,14-15H2/t18-,19-,22?/m1/s1. The molecule has 1 heterocycles. The highest BCUT2D eigenvalue weighted by Gasteiger charge is 2.51. The van der Waals surface area contributed by atoms with Gasteiger partial charge >= 0.3 is 12.1 Å². The predicted molar refractivity (Wildman–Crippen MR) is 97.6 cm³/mol. The van der Waals surface area contributed by atoms with Crippen LogP contribution in [0.2, 0.25) is 0 Å². The Balaban J connectivity index is 1.41. The van der Waals surface area contributed by atoms with E-state index in [1.54, 1.807) is 0 Å². The second kappa shape index (κ2) is 8.98. The Morgan fingerprint density at radius 3 is 2.00 bits per heavy atom. The molecule has 1 amide bonds. The Morgan fingerprint density at radius 1 is 0.889 bits per heavy atom. The molecule has 0 N–H and O–H groups in total. The van der Waals surface area contributed by atoms with Crippen LogP contribution in [0.15, 0.2) is 60.7 Å². The minimum absolute atomic E-state index is 0.143. The lowest BCUT2D eigenvalue weighted by Gasteiger charge is -2.07. The van der Waals surface area contributed by atoms with Gasteiger partial charge in [-0.15, -0.1) is 0 Å². The predicted octanol–water partition coefficient (Wildman–Crippen LogP) is 3.10. The maximum Gasteiger partial charge on any atom is 0.411 e. The summed E-state index contributed by atoms with van der Waals surface area (Å²) in [6.45, 7) is 0.359. The van der Waals surface area contributed by atoms with Gasteiger partial charge in [-0.1, -0.05) is 60.7 Å². The molecule has 0 aliphatic carbocycles. The summed E-state index contributed by atoms with van der Waals surface area (Å²) in [7, 11) is 0. The number of ether oxygens (including phenoxy) is 2. The lowest BCUT2D eigenvalue weighted by Crippen LogP contribution is -2.17. The van der Waals surface area contributed by atoms with E-state index < -0.39 is 12.1 Å². The first-order valence-electron chi connectivity index (χ1n) is 8.83. The van der Waals surface area contributed by atoms with Crippen molar-refractivity contribution in [1.29, 1.82) is 0 Å². The number of hydrogen-bond acceptors (Lipinski definition) is 5. The summed E-state index contributed by atoms with van der Waals surface area (Å²) >= 11 is 0. The monoisotopic (exact) mass is 367 g/mol. The molecule has 3 rings (SSSR count). The van der Waals surface area contributed by atoms with Gasteiger partial charge in [-0.3, -0.25) is 9.69 Å². The molecule has 0 radical (unpaired) electrons. The zero-order valence-corrected chi connectivity index (χ0v) is 14.8. The maximum atomic E-state index is 12.1. The molecule has 0 saturated carbocycles. The fraction of sp³-hybridized carbons (Fsp3) is 0.286. The average Bonchev–Trinajstić information content (AvgIpc) is 3.43. The molecule has 140 valence electrons. The molecule has 2 aromatic rings. The molecule has 6 heteroatoms. The molecular weight excluding hydrogens is 346 g/mol. The molecular formula is C21H21NO5. The largest absolute Gasteiger partial charge is 0.461 e. The van der Waals surface area contributed by atoms with E-state index in [0.29, 0.717) is 12.7 Å². The summed E-state index contributed by atoms with van der Waals surface area (Å²) in [6.07, 6.45) is 0.685. The highest BCUT2D eigenvalue weighted by Crippen LogP contribution is 2.32. The molecule has 1 aliphatic heterocycles. The molecule has 0 aromatic heterocycles. The van der Waals surface area contributed by atoms with Gasteiger partial charge in [-0.05, 0) is 17.5 Å². The van der Waals surface area contributed by atoms with Gasteiger partial charge in [0.1, 0.15) is 25.5 Å². The third-order valence-corrected chi connectivity index (χ3v) is 4.43. The van der Waals surface area contributed by atoms with Crippen molar-refractivity contribution in [3.8, 4) is 0 Å². The van der Waals surface area contributed by atoms with E-state index in [9.17, 15) is 14.4 Å². The minimum atomic E-state index is -0.543. The molecule has 2 atom stereocenters. The van der Waals surface area contributed by atoms with Crippen molar-refractivity contribution in [2.45, 2.75) is 38.1 Å². The molecule has 27 heavy (non-hydrogen) atoms. The van der Waals surface area contributed by atoms with Crippen molar-refractivity contribution in [2.75, 3.05) is 0 Å². The van der Waals surface area contributed by atoms with E-state index >= 15 is 0 Å². The van der Waals surface area contributed by atoms with E-state index in [4.69, 9.17) is 9.47 Å². The first-order valence-corrected chi connectivity index (χ1v) is 8.83. The normalized spacial score (nSPS) is 17.9. The smallest absolute Gasteiger partial charge is 0.411 e. The van der Waals surface area contributed by atoms with E-state index in [1.807, 2.05) is 60.7 Å². The lowest BCUT2D eigenvalue weighted by atomic mass is 10.2. The fourth-order valence-electron chi connectivity index (χ4n) is 2.89. The maximum absolute atomic E-state index is 12.1. The van der Waals surface area contributed by atoms with Gasteiger partial charge in [0.15, 0.2) is 0 Å². The highest BCUT2D eigenvalue weighted by atomic mass is 16.6. The van der Waals surface area contributed by atoms with Crippen molar-refractivity contribution < 1.29 is 23.9 Å². The number of hydrogen-bond donors (Lipinski definition) is 0. The Bertz CT molecular complexity index is 778. The van der Waals surface area contributed by atoms with Crippen LogP contribution in [0.5, 0.6) is 0 Å². The number of amides is 1. The number of carbonyl (C=O) groups is 3. The van der Waals surface area contributed by atoms with Crippen molar-refractivity contribution in [1.82, 2.24) is 4.90 Å². The van der Waals surface area contributed by atoms with Crippen LogP contribution in [0.1, 0.15) is 24.0 Å². The van der Waals surface area contributed by atoms with Crippen LogP contribution in [0, 0.1) is 0 Å². The quantitative estimate of drug-likeness (QED) is 0.407. The Hall–Kier alpha value is -3.15. The van der Waals surface area contributed by atoms with E-state index in [0.717, 1.165) is 11.1 Å². The molecule has 1 saturated heterocycles. The molecule has 1 aliphatic rings. The van der Waals surface area contributed by atoms with E-state index in [1.165, 1.54) is 4.90 Å². The van der Waals surface area contributed by atoms with Crippen LogP contribution in [0.4, 0.5) is 4.79 Å². The number of esters is 1. The van der Waals surface area contributed by atoms with Crippen LogP contribution in [0.25, 0.3) is 0 Å². The molecule has 0 spiro atoms. The van der Waals surface area contributed by atoms with E-state index in [2.05, 4.69) is 0 Å². The highest BCUT2D eigenvalue weighted by molar-refractivity contribution is 5.81. The summed E-state index contributed by atoms with van der Waals surface area (Å²) in [5.74, 6) is -0.354. The molecule has 0 bridgehead atoms. The van der Waals surface area contributed by atoms with Gasteiger partial charge in [0.2, 0.25) is 0 Å². The summed E-state index contributed by atoms with van der Waals surface area (Å²) in [6, 6.07) is 17.9. The summed E-state index contributed by atoms with van der Waals surface area (Å²) < 4.78 is 10.5. The Morgan fingerprint density at radius 2 is 1.44 bits per heavy atom. The summed E-state index contributed by atoms with van der Waals surface area (Å²) in [4.78, 5) is 36.5. The number of aldehydes is 1. The number of rotatable bonds is 8. The third-order valence-electron chi connectivity index (χ3n) is 4.43. The third kappa shape index (κ3) is 5.17. The zero-order chi connectivity index (χ0) is 19.1. The van der Waals surface area contributed by atoms with Crippen molar-refractivity contribution in [3.63, 3.8) is 0 Å². The zero-order valence-electron chi connectivity index (χ0n) is 14.8. The van der Waals surface area contributed by atoms with Crippen LogP contribution >= 0.6 is 0 Å². The number of benzene rings is 2. The van der Waals surface area contributed by atoms with Crippen LogP contribution < -0.4 is 0 Å². The van der Waals surface area contributed by atoms with E-state index in [-0.39, 0.29) is 31.6 Å². The van der Waals surface area contributed by atoms with Gasteiger partial charge in [0.25, 0.3) is 0 Å². The van der Waals surface area contributed by atoms with Crippen molar-refractivity contribution in [2.24, 2.45) is 0 Å². The topological polar surface area (TPSA) is 72.7 Å². The second-order valence-corrected chi connectivity index (χ2v) is 6.33. The SMILES string of the molecule is O=C[C@@H]1[C@@H](CCC(=O)OCc2ccccc2)N1C(=O)OCc1ccccc1. The molecule has 6 nitrogen and oxygen atoms in total. The van der Waals surface area contributed by atoms with Crippen molar-refractivity contribution in [3.05, 3.63) is 71.8 Å². The number of carbonyl (C=O) groups excluding carboxylic acids is 3. The van der Waals surface area contributed by atoms with Crippen molar-refractivity contribution >= 4 is 18.3 Å². The fourth-order valence-corrected chi connectivity index (χ4v) is 2.89. The van der Waals surface area contributed by atoms with Gasteiger partial charge in [-0.2, -0.15) is 0 Å². The van der Waals surface area contributed by atoms with Gasteiger partial charge in [0.05, 0.1) is 6.04 Å². The first-order chi connectivity index (χ1) is 13.2. The second-order valence-electron chi connectivity index (χ2n) is 6.33. The minimum Gasteiger partial charge on any atom is -0.461 e. The molecule has 2 aromatic carbocycles. The van der Waals surface area contributed by atoms with Crippen LogP contribution in [-0.2, 0) is 32.3 Å². The van der Waals surface area contributed by atoms with Gasteiger partial charge in [-0.25, -0.2) is 4.79 Å². The lowest BCUT2D eigenvalue weighted by molar-refractivity contribution is -0.145. The van der Waals surface area contributed by atoms with Crippen LogP contribution in [0.3, 0.4) is 0 Å². The van der Waals surface area contributed by atoms with Gasteiger partial charge in [0, 0.05) is 6.42 Å². The Labute approximate surface area is 157 Å².